The predicted molar refractivity (Wildman–Crippen MR) is 111 cm³/mol. The van der Waals surface area contributed by atoms with E-state index in [1.54, 1.807) is 29.8 Å². The van der Waals surface area contributed by atoms with Crippen LogP contribution in [0, 0.1) is 5.82 Å². The second kappa shape index (κ2) is 9.92. The van der Waals surface area contributed by atoms with Gasteiger partial charge in [0.05, 0.1) is 5.69 Å². The maximum Gasteiger partial charge on any atom is 0.250 e. The highest BCUT2D eigenvalue weighted by atomic mass is 19.1. The number of aliphatic imine (C=N–C) groups is 1. The van der Waals surface area contributed by atoms with Crippen molar-refractivity contribution >= 4 is 11.6 Å². The number of aromatic nitrogens is 1. The molecule has 0 atom stereocenters. The minimum Gasteiger partial charge on any atom is -0.366 e. The first-order valence-electron chi connectivity index (χ1n) is 9.79. The van der Waals surface area contributed by atoms with Crippen molar-refractivity contribution in [2.24, 2.45) is 4.99 Å². The monoisotopic (exact) mass is 385 g/mol. The molecule has 28 heavy (non-hydrogen) atoms. The van der Waals surface area contributed by atoms with Crippen LogP contribution in [0.1, 0.15) is 12.8 Å². The Morgan fingerprint density at radius 3 is 2.54 bits per heavy atom. The third-order valence-corrected chi connectivity index (χ3v) is 4.99. The Morgan fingerprint density at radius 1 is 1.07 bits per heavy atom. The summed E-state index contributed by atoms with van der Waals surface area (Å²) in [7, 11) is 1.79. The second-order valence-electron chi connectivity index (χ2n) is 6.84. The summed E-state index contributed by atoms with van der Waals surface area (Å²) in [6, 6.07) is 12.1. The molecular formula is C21H28FN5O. The minimum atomic E-state index is -0.170. The molecule has 1 aromatic heterocycles. The summed E-state index contributed by atoms with van der Waals surface area (Å²) in [5, 5.41) is 3.40. The summed E-state index contributed by atoms with van der Waals surface area (Å²) in [6.45, 7) is 4.65. The molecule has 0 unspecified atom stereocenters. The van der Waals surface area contributed by atoms with Crippen LogP contribution < -0.4 is 15.8 Å². The van der Waals surface area contributed by atoms with Gasteiger partial charge in [0.1, 0.15) is 5.82 Å². The number of pyridine rings is 1. The standard InChI is InChI=1S/C21H28FN5O/c1-23-21(24-11-5-7-13-26-12-6-4-10-20(26)28)27-16-14-25(15-17-27)19-9-3-2-8-18(19)22/h2-4,6,8-10,12H,5,7,11,13-17H2,1H3,(H,23,24). The number of rotatable bonds is 6. The van der Waals surface area contributed by atoms with Crippen molar-refractivity contribution in [3.8, 4) is 0 Å². The molecule has 1 aliphatic heterocycles. The molecule has 1 N–H and O–H groups in total. The van der Waals surface area contributed by atoms with Crippen LogP contribution in [-0.2, 0) is 6.54 Å². The largest absolute Gasteiger partial charge is 0.366 e. The van der Waals surface area contributed by atoms with Crippen molar-refractivity contribution in [2.75, 3.05) is 44.7 Å². The molecule has 0 amide bonds. The number of nitrogens with one attached hydrogen (secondary N) is 1. The van der Waals surface area contributed by atoms with Crippen molar-refractivity contribution in [1.29, 1.82) is 0 Å². The van der Waals surface area contributed by atoms with Crippen LogP contribution in [0.2, 0.25) is 0 Å². The molecule has 6 nitrogen and oxygen atoms in total. The molecule has 1 fully saturated rings. The van der Waals surface area contributed by atoms with Crippen LogP contribution in [0.4, 0.5) is 10.1 Å². The van der Waals surface area contributed by atoms with Gasteiger partial charge in [0.25, 0.3) is 0 Å². The van der Waals surface area contributed by atoms with E-state index >= 15 is 0 Å². The number of aryl methyl sites for hydroxylation is 1. The molecule has 0 radical (unpaired) electrons. The fourth-order valence-corrected chi connectivity index (χ4v) is 3.45. The van der Waals surface area contributed by atoms with Crippen molar-refractivity contribution in [2.45, 2.75) is 19.4 Å². The molecule has 2 aromatic rings. The Kier molecular flexibility index (Phi) is 7.06. The SMILES string of the molecule is CN=C(NCCCCn1ccccc1=O)N1CCN(c2ccccc2F)CC1. The lowest BCUT2D eigenvalue weighted by atomic mass is 10.2. The normalized spacial score (nSPS) is 15.0. The molecule has 0 saturated carbocycles. The van der Waals surface area contributed by atoms with E-state index in [0.29, 0.717) is 5.69 Å². The van der Waals surface area contributed by atoms with Gasteiger partial charge in [-0.05, 0) is 31.0 Å². The van der Waals surface area contributed by atoms with Crippen LogP contribution in [0.3, 0.4) is 0 Å². The van der Waals surface area contributed by atoms with E-state index in [4.69, 9.17) is 0 Å². The van der Waals surface area contributed by atoms with Crippen LogP contribution in [-0.4, -0.2) is 55.2 Å². The lowest BCUT2D eigenvalue weighted by Crippen LogP contribution is -2.52. The Hall–Kier alpha value is -2.83. The van der Waals surface area contributed by atoms with E-state index in [-0.39, 0.29) is 11.4 Å². The summed E-state index contributed by atoms with van der Waals surface area (Å²) in [6.07, 6.45) is 3.70. The maximum atomic E-state index is 14.0. The number of halogens is 1. The third-order valence-electron chi connectivity index (χ3n) is 4.99. The van der Waals surface area contributed by atoms with Gasteiger partial charge in [0.2, 0.25) is 5.56 Å². The van der Waals surface area contributed by atoms with E-state index < -0.39 is 0 Å². The molecule has 1 saturated heterocycles. The number of guanidine groups is 1. The number of hydrogen-bond donors (Lipinski definition) is 1. The van der Waals surface area contributed by atoms with E-state index in [1.165, 1.54) is 6.07 Å². The van der Waals surface area contributed by atoms with E-state index in [1.807, 2.05) is 24.4 Å². The molecule has 0 aliphatic carbocycles. The maximum absolute atomic E-state index is 14.0. The first kappa shape index (κ1) is 19.9. The molecule has 1 aromatic carbocycles. The molecule has 3 rings (SSSR count). The third kappa shape index (κ3) is 5.12. The number of piperazine rings is 1. The quantitative estimate of drug-likeness (QED) is 0.470. The molecule has 1 aliphatic rings. The Labute approximate surface area is 165 Å². The fraction of sp³-hybridized carbons (Fsp3) is 0.429. The van der Waals surface area contributed by atoms with E-state index in [9.17, 15) is 9.18 Å². The summed E-state index contributed by atoms with van der Waals surface area (Å²) >= 11 is 0. The van der Waals surface area contributed by atoms with Crippen LogP contribution in [0.25, 0.3) is 0 Å². The van der Waals surface area contributed by atoms with Gasteiger partial charge in [-0.15, -0.1) is 0 Å². The Morgan fingerprint density at radius 2 is 1.82 bits per heavy atom. The van der Waals surface area contributed by atoms with Gasteiger partial charge in [-0.25, -0.2) is 4.39 Å². The Balaban J connectivity index is 1.41. The number of nitrogens with zero attached hydrogens (tertiary/aromatic N) is 4. The smallest absolute Gasteiger partial charge is 0.250 e. The molecule has 0 bridgehead atoms. The van der Waals surface area contributed by atoms with E-state index in [0.717, 1.165) is 58.1 Å². The minimum absolute atomic E-state index is 0.0407. The first-order valence-corrected chi connectivity index (χ1v) is 9.79. The highest BCUT2D eigenvalue weighted by Gasteiger charge is 2.21. The van der Waals surface area contributed by atoms with Gasteiger partial charge in [-0.1, -0.05) is 18.2 Å². The number of benzene rings is 1. The topological polar surface area (TPSA) is 52.9 Å². The molecule has 2 heterocycles. The van der Waals surface area contributed by atoms with Crippen LogP contribution >= 0.6 is 0 Å². The second-order valence-corrected chi connectivity index (χ2v) is 6.84. The summed E-state index contributed by atoms with van der Waals surface area (Å²) in [5.41, 5.74) is 0.709. The number of para-hydroxylation sites is 1. The lowest BCUT2D eigenvalue weighted by molar-refractivity contribution is 0.370. The highest BCUT2D eigenvalue weighted by Crippen LogP contribution is 2.20. The summed E-state index contributed by atoms with van der Waals surface area (Å²) in [5.74, 6) is 0.709. The zero-order valence-corrected chi connectivity index (χ0v) is 16.4. The zero-order valence-electron chi connectivity index (χ0n) is 16.4. The average Bonchev–Trinajstić information content (AvgIpc) is 2.73. The number of anilines is 1. The van der Waals surface area contributed by atoms with Crippen molar-refractivity contribution in [3.05, 3.63) is 64.8 Å². The fourth-order valence-electron chi connectivity index (χ4n) is 3.45. The Bertz CT molecular complexity index is 842. The van der Waals surface area contributed by atoms with Crippen LogP contribution in [0.15, 0.2) is 58.4 Å². The summed E-state index contributed by atoms with van der Waals surface area (Å²) in [4.78, 5) is 20.4. The summed E-state index contributed by atoms with van der Waals surface area (Å²) < 4.78 is 15.7. The van der Waals surface area contributed by atoms with Crippen molar-refractivity contribution in [3.63, 3.8) is 0 Å². The molecule has 0 spiro atoms. The predicted octanol–water partition coefficient (Wildman–Crippen LogP) is 2.17. The number of hydrogen-bond acceptors (Lipinski definition) is 3. The van der Waals surface area contributed by atoms with E-state index in [2.05, 4.69) is 20.1 Å². The molecule has 150 valence electrons. The molecule has 7 heteroatoms. The van der Waals surface area contributed by atoms with Gasteiger partial charge in [-0.2, -0.15) is 0 Å². The lowest BCUT2D eigenvalue weighted by Gasteiger charge is -2.37. The first-order chi connectivity index (χ1) is 13.7. The molecular weight excluding hydrogens is 357 g/mol. The van der Waals surface area contributed by atoms with Gasteiger partial charge < -0.3 is 19.7 Å². The van der Waals surface area contributed by atoms with Gasteiger partial charge >= 0.3 is 0 Å². The van der Waals surface area contributed by atoms with Gasteiger partial charge in [0.15, 0.2) is 5.96 Å². The zero-order chi connectivity index (χ0) is 19.8. The van der Waals surface area contributed by atoms with Crippen molar-refractivity contribution in [1.82, 2.24) is 14.8 Å². The van der Waals surface area contributed by atoms with Gasteiger partial charge in [-0.3, -0.25) is 9.79 Å². The van der Waals surface area contributed by atoms with Gasteiger partial charge in [0, 0.05) is 58.6 Å². The number of unbranched alkanes of at least 4 members (excludes halogenated alkanes) is 1. The van der Waals surface area contributed by atoms with Crippen molar-refractivity contribution < 1.29 is 4.39 Å². The highest BCUT2D eigenvalue weighted by molar-refractivity contribution is 5.80. The van der Waals surface area contributed by atoms with Crippen LogP contribution in [0.5, 0.6) is 0 Å². The average molecular weight is 385 g/mol.